The molecule has 1 heterocycles. The molecule has 0 radical (unpaired) electrons. The molecule has 0 aromatic rings. The Hall–Kier alpha value is -1.73. The first-order valence-electron chi connectivity index (χ1n) is 10.4. The number of nitrogens with one attached hydrogen (secondary N) is 2. The van der Waals surface area contributed by atoms with Gasteiger partial charge in [-0.15, -0.1) is 0 Å². The van der Waals surface area contributed by atoms with E-state index in [0.29, 0.717) is 5.75 Å². The van der Waals surface area contributed by atoms with Crippen LogP contribution >= 0.6 is 11.8 Å². The van der Waals surface area contributed by atoms with Gasteiger partial charge >= 0.3 is 5.97 Å². The maximum atomic E-state index is 12.7. The molecule has 12 heteroatoms. The monoisotopic (exact) mass is 478 g/mol. The predicted octanol–water partition coefficient (Wildman–Crippen LogP) is 0.246. The lowest BCUT2D eigenvalue weighted by atomic mass is 9.85. The summed E-state index contributed by atoms with van der Waals surface area (Å²) in [6.45, 7) is 5.69. The van der Waals surface area contributed by atoms with Gasteiger partial charge in [-0.2, -0.15) is 0 Å². The zero-order valence-electron chi connectivity index (χ0n) is 19.0. The van der Waals surface area contributed by atoms with E-state index in [1.165, 1.54) is 7.11 Å². The smallest absolute Gasteiger partial charge is 0.303 e. The van der Waals surface area contributed by atoms with Gasteiger partial charge in [-0.3, -0.25) is 19.2 Å². The standard InChI is InChI=1S/C20H34N2O9S/c1-13(23)11-20(29-4)30-12-19(2,3)17(31-20)18(28)22-8-7-14(24)21-9-10-32-16(27)6-5-15(25)26/h13,17,23H,5-12H2,1-4H3,(H,21,24)(H,22,28)(H,25,26)/t13?,17-,20?/m0/s1. The van der Waals surface area contributed by atoms with Gasteiger partial charge in [0, 0.05) is 44.2 Å². The molecule has 11 nitrogen and oxygen atoms in total. The molecule has 0 bridgehead atoms. The highest BCUT2D eigenvalue weighted by Crippen LogP contribution is 2.38. The molecule has 0 spiro atoms. The van der Waals surface area contributed by atoms with Crippen LogP contribution in [0.5, 0.6) is 0 Å². The summed E-state index contributed by atoms with van der Waals surface area (Å²) in [4.78, 5) is 46.5. The zero-order valence-corrected chi connectivity index (χ0v) is 19.8. The van der Waals surface area contributed by atoms with E-state index >= 15 is 0 Å². The SMILES string of the molecule is COC1(CC(C)O)OCC(C)(C)[C@H](C(=O)NCCC(=O)NCCSC(=O)CCC(=O)O)O1. The van der Waals surface area contributed by atoms with E-state index in [9.17, 15) is 24.3 Å². The zero-order chi connectivity index (χ0) is 24.4. The fraction of sp³-hybridized carbons (Fsp3) is 0.800. The Morgan fingerprint density at radius 1 is 1.16 bits per heavy atom. The van der Waals surface area contributed by atoms with Crippen LogP contribution in [0.3, 0.4) is 0 Å². The van der Waals surface area contributed by atoms with Gasteiger partial charge in [-0.25, -0.2) is 0 Å². The van der Waals surface area contributed by atoms with Crippen LogP contribution in [-0.2, 0) is 33.4 Å². The molecule has 3 atom stereocenters. The Balaban J connectivity index is 2.39. The number of amides is 2. The van der Waals surface area contributed by atoms with Crippen molar-refractivity contribution in [3.05, 3.63) is 0 Å². The Labute approximate surface area is 191 Å². The molecular weight excluding hydrogens is 444 g/mol. The van der Waals surface area contributed by atoms with Crippen LogP contribution in [0.15, 0.2) is 0 Å². The summed E-state index contributed by atoms with van der Waals surface area (Å²) in [7, 11) is 1.37. The van der Waals surface area contributed by atoms with E-state index in [4.69, 9.17) is 19.3 Å². The highest BCUT2D eigenvalue weighted by molar-refractivity contribution is 8.13. The van der Waals surface area contributed by atoms with E-state index in [1.807, 2.05) is 0 Å². The van der Waals surface area contributed by atoms with Gasteiger partial charge in [0.15, 0.2) is 5.12 Å². The molecule has 184 valence electrons. The van der Waals surface area contributed by atoms with Gasteiger partial charge in [-0.1, -0.05) is 25.6 Å². The molecule has 2 unspecified atom stereocenters. The van der Waals surface area contributed by atoms with E-state index < -0.39 is 35.5 Å². The fourth-order valence-electron chi connectivity index (χ4n) is 2.93. The lowest BCUT2D eigenvalue weighted by Gasteiger charge is -2.46. The van der Waals surface area contributed by atoms with Gasteiger partial charge < -0.3 is 35.1 Å². The summed E-state index contributed by atoms with van der Waals surface area (Å²) in [6, 6.07) is 0. The second kappa shape index (κ2) is 13.1. The molecule has 4 N–H and O–H groups in total. The summed E-state index contributed by atoms with van der Waals surface area (Å²) >= 11 is 0.969. The van der Waals surface area contributed by atoms with Crippen molar-refractivity contribution in [3.8, 4) is 0 Å². The number of aliphatic carboxylic acids is 1. The molecule has 1 saturated heterocycles. The van der Waals surface area contributed by atoms with Crippen LogP contribution in [0.1, 0.15) is 46.5 Å². The minimum atomic E-state index is -1.53. The van der Waals surface area contributed by atoms with E-state index in [1.54, 1.807) is 20.8 Å². The summed E-state index contributed by atoms with van der Waals surface area (Å²) < 4.78 is 16.8. The second-order valence-corrected chi connectivity index (χ2v) is 9.37. The number of carboxylic acid groups (broad SMARTS) is 1. The average molecular weight is 479 g/mol. The van der Waals surface area contributed by atoms with Crippen LogP contribution in [0.25, 0.3) is 0 Å². The second-order valence-electron chi connectivity index (χ2n) is 8.22. The minimum absolute atomic E-state index is 0.0303. The number of hydrogen-bond donors (Lipinski definition) is 4. The van der Waals surface area contributed by atoms with E-state index in [0.717, 1.165) is 11.8 Å². The van der Waals surface area contributed by atoms with Crippen LogP contribution in [-0.4, -0.2) is 83.9 Å². The number of carbonyl (C=O) groups excluding carboxylic acids is 3. The largest absolute Gasteiger partial charge is 0.481 e. The van der Waals surface area contributed by atoms with E-state index in [-0.39, 0.29) is 56.4 Å². The van der Waals surface area contributed by atoms with Gasteiger partial charge in [0.2, 0.25) is 11.8 Å². The Kier molecular flexibility index (Phi) is 11.6. The van der Waals surface area contributed by atoms with Crippen molar-refractivity contribution in [1.29, 1.82) is 0 Å². The van der Waals surface area contributed by atoms with Crippen molar-refractivity contribution in [1.82, 2.24) is 10.6 Å². The van der Waals surface area contributed by atoms with Crippen LogP contribution in [0.4, 0.5) is 0 Å². The summed E-state index contributed by atoms with van der Waals surface area (Å²) in [5.74, 6) is -2.93. The topological polar surface area (TPSA) is 160 Å². The van der Waals surface area contributed by atoms with Crippen molar-refractivity contribution in [3.63, 3.8) is 0 Å². The van der Waals surface area contributed by atoms with Crippen molar-refractivity contribution < 1.29 is 43.6 Å². The average Bonchev–Trinajstić information content (AvgIpc) is 2.70. The number of hydrogen-bond acceptors (Lipinski definition) is 9. The van der Waals surface area contributed by atoms with Crippen LogP contribution < -0.4 is 10.6 Å². The highest BCUT2D eigenvalue weighted by Gasteiger charge is 2.50. The third kappa shape index (κ3) is 9.82. The first-order chi connectivity index (χ1) is 14.9. The number of carbonyl (C=O) groups is 4. The van der Waals surface area contributed by atoms with Crippen molar-refractivity contribution in [2.24, 2.45) is 5.41 Å². The van der Waals surface area contributed by atoms with Gasteiger partial charge in [-0.05, 0) is 6.92 Å². The molecule has 1 aliphatic rings. The van der Waals surface area contributed by atoms with Crippen LogP contribution in [0.2, 0.25) is 0 Å². The molecule has 1 rings (SSSR count). The predicted molar refractivity (Wildman–Crippen MR) is 116 cm³/mol. The summed E-state index contributed by atoms with van der Waals surface area (Å²) in [5.41, 5.74) is -0.655. The van der Waals surface area contributed by atoms with Gasteiger partial charge in [0.05, 0.1) is 25.6 Å². The summed E-state index contributed by atoms with van der Waals surface area (Å²) in [5, 5.41) is 23.3. The molecule has 32 heavy (non-hydrogen) atoms. The fourth-order valence-corrected chi connectivity index (χ4v) is 3.61. The lowest BCUT2D eigenvalue weighted by molar-refractivity contribution is -0.429. The van der Waals surface area contributed by atoms with Crippen LogP contribution in [0, 0.1) is 5.41 Å². The Morgan fingerprint density at radius 3 is 2.44 bits per heavy atom. The Morgan fingerprint density at radius 2 is 1.84 bits per heavy atom. The molecular formula is C20H34N2O9S. The van der Waals surface area contributed by atoms with Crippen molar-refractivity contribution in [2.45, 2.75) is 64.6 Å². The van der Waals surface area contributed by atoms with Gasteiger partial charge in [0.1, 0.15) is 6.10 Å². The van der Waals surface area contributed by atoms with E-state index in [2.05, 4.69) is 10.6 Å². The third-order valence-electron chi connectivity index (χ3n) is 4.65. The van der Waals surface area contributed by atoms with Gasteiger partial charge in [0.25, 0.3) is 5.97 Å². The molecule has 0 aromatic carbocycles. The minimum Gasteiger partial charge on any atom is -0.481 e. The first kappa shape index (κ1) is 28.3. The van der Waals surface area contributed by atoms with Crippen molar-refractivity contribution in [2.75, 3.05) is 32.6 Å². The molecule has 0 aliphatic carbocycles. The molecule has 0 saturated carbocycles. The number of carboxylic acids is 1. The normalized spacial score (nSPS) is 23.2. The maximum absolute atomic E-state index is 12.7. The third-order valence-corrected chi connectivity index (χ3v) is 5.58. The lowest BCUT2D eigenvalue weighted by Crippen LogP contribution is -2.59. The highest BCUT2D eigenvalue weighted by atomic mass is 32.2. The number of ether oxygens (including phenoxy) is 3. The van der Waals surface area contributed by atoms with Crippen molar-refractivity contribution >= 4 is 34.7 Å². The number of aliphatic hydroxyl groups is 1. The number of methoxy groups -OCH3 is 1. The molecule has 0 aromatic heterocycles. The first-order valence-corrected chi connectivity index (χ1v) is 11.4. The molecule has 2 amide bonds. The number of aliphatic hydroxyl groups excluding tert-OH is 1. The number of rotatable bonds is 13. The Bertz CT molecular complexity index is 671. The quantitative estimate of drug-likeness (QED) is 0.270. The molecule has 1 fully saturated rings. The summed E-state index contributed by atoms with van der Waals surface area (Å²) in [6.07, 6.45) is -1.87. The maximum Gasteiger partial charge on any atom is 0.303 e. The number of thioether (sulfide) groups is 1. The molecule has 1 aliphatic heterocycles.